The van der Waals surface area contributed by atoms with Gasteiger partial charge in [0.25, 0.3) is 0 Å². The predicted molar refractivity (Wildman–Crippen MR) is 203 cm³/mol. The van der Waals surface area contributed by atoms with Crippen LogP contribution in [0.4, 0.5) is 13.2 Å². The summed E-state index contributed by atoms with van der Waals surface area (Å²) in [6.45, 7) is 13.0. The molecule has 6 aromatic carbocycles. The smallest absolute Gasteiger partial charge is 0.169 e. The predicted octanol–water partition coefficient (Wildman–Crippen LogP) is 12.4. The van der Waals surface area contributed by atoms with E-state index in [0.717, 1.165) is 66.9 Å². The molecule has 0 aliphatic heterocycles. The van der Waals surface area contributed by atoms with E-state index in [2.05, 4.69) is 71.9 Å². The van der Waals surface area contributed by atoms with E-state index in [0.29, 0.717) is 16.9 Å². The molecule has 0 aliphatic carbocycles. The second-order valence-electron chi connectivity index (χ2n) is 15.4. The summed E-state index contributed by atoms with van der Waals surface area (Å²) in [5.41, 5.74) is 6.19. The van der Waals surface area contributed by atoms with E-state index in [1.165, 1.54) is 0 Å². The van der Waals surface area contributed by atoms with E-state index in [-0.39, 0.29) is 16.4 Å². The molecule has 3 nitrogen and oxygen atoms in total. The average molecular weight is 676 g/mol. The maximum absolute atomic E-state index is 15.7. The van der Waals surface area contributed by atoms with E-state index < -0.39 is 23.0 Å². The van der Waals surface area contributed by atoms with Crippen molar-refractivity contribution in [1.29, 1.82) is 5.26 Å². The highest BCUT2D eigenvalue weighted by atomic mass is 19.2. The van der Waals surface area contributed by atoms with E-state index in [1.807, 2.05) is 69.8 Å². The number of para-hydroxylation sites is 2. The first kappa shape index (κ1) is 32.4. The molecule has 252 valence electrons. The number of benzene rings is 6. The van der Waals surface area contributed by atoms with E-state index in [1.54, 1.807) is 12.1 Å². The minimum Gasteiger partial charge on any atom is -0.308 e. The first-order chi connectivity index (χ1) is 24.3. The third kappa shape index (κ3) is 5.02. The van der Waals surface area contributed by atoms with E-state index in [4.69, 9.17) is 0 Å². The number of nitrogens with zero attached hydrogens (tertiary/aromatic N) is 3. The molecule has 51 heavy (non-hydrogen) atoms. The molecule has 8 aromatic rings. The Morgan fingerprint density at radius 1 is 0.510 bits per heavy atom. The molecule has 2 aromatic heterocycles. The third-order valence-corrected chi connectivity index (χ3v) is 10.1. The average Bonchev–Trinajstić information content (AvgIpc) is 3.61. The summed E-state index contributed by atoms with van der Waals surface area (Å²) < 4.78 is 50.2. The minimum atomic E-state index is -1.29. The Balaban J connectivity index is 1.56. The fourth-order valence-corrected chi connectivity index (χ4v) is 7.41. The minimum absolute atomic E-state index is 0.113. The number of fused-ring (bicyclic) bond motifs is 6. The van der Waals surface area contributed by atoms with Crippen LogP contribution in [0.25, 0.3) is 66.1 Å². The number of halogens is 3. The molecule has 0 atom stereocenters. The van der Waals surface area contributed by atoms with Crippen molar-refractivity contribution >= 4 is 43.6 Å². The largest absolute Gasteiger partial charge is 0.308 e. The summed E-state index contributed by atoms with van der Waals surface area (Å²) in [6.07, 6.45) is 0. The Labute approximate surface area is 294 Å². The van der Waals surface area contributed by atoms with Crippen molar-refractivity contribution < 1.29 is 13.2 Å². The molecule has 0 fully saturated rings. The summed E-state index contributed by atoms with van der Waals surface area (Å²) >= 11 is 0. The van der Waals surface area contributed by atoms with E-state index in [9.17, 15) is 9.65 Å². The lowest BCUT2D eigenvalue weighted by molar-refractivity contribution is 0.499. The molecule has 2 heterocycles. The van der Waals surface area contributed by atoms with Gasteiger partial charge in [-0.3, -0.25) is 0 Å². The molecule has 0 radical (unpaired) electrons. The first-order valence-electron chi connectivity index (χ1n) is 17.1. The summed E-state index contributed by atoms with van der Waals surface area (Å²) in [5, 5.41) is 15.0. The fourth-order valence-electron chi connectivity index (χ4n) is 7.41. The molecule has 0 saturated carbocycles. The van der Waals surface area contributed by atoms with Gasteiger partial charge >= 0.3 is 0 Å². The van der Waals surface area contributed by atoms with Crippen LogP contribution in [-0.2, 0) is 10.8 Å². The van der Waals surface area contributed by atoms with Crippen molar-refractivity contribution in [1.82, 2.24) is 9.13 Å². The zero-order chi connectivity index (χ0) is 36.0. The van der Waals surface area contributed by atoms with Crippen molar-refractivity contribution in [2.45, 2.75) is 52.4 Å². The van der Waals surface area contributed by atoms with Gasteiger partial charge in [-0.15, -0.1) is 0 Å². The van der Waals surface area contributed by atoms with Crippen molar-refractivity contribution in [3.8, 4) is 28.6 Å². The van der Waals surface area contributed by atoms with Gasteiger partial charge in [0.05, 0.1) is 39.0 Å². The van der Waals surface area contributed by atoms with Crippen LogP contribution in [-0.4, -0.2) is 9.13 Å². The fraction of sp³-hybridized carbons (Fsp3) is 0.178. The van der Waals surface area contributed by atoms with Gasteiger partial charge in [0.15, 0.2) is 11.6 Å². The van der Waals surface area contributed by atoms with Crippen LogP contribution in [0.5, 0.6) is 0 Å². The molecular formula is C45H36F3N3. The van der Waals surface area contributed by atoms with Gasteiger partial charge in [0, 0.05) is 21.5 Å². The maximum atomic E-state index is 15.7. The molecular weight excluding hydrogens is 640 g/mol. The molecule has 0 N–H and O–H groups in total. The van der Waals surface area contributed by atoms with Crippen LogP contribution < -0.4 is 0 Å². The van der Waals surface area contributed by atoms with Crippen molar-refractivity contribution in [2.75, 3.05) is 0 Å². The second-order valence-corrected chi connectivity index (χ2v) is 15.4. The molecule has 0 bridgehead atoms. The lowest BCUT2D eigenvalue weighted by Gasteiger charge is -2.21. The van der Waals surface area contributed by atoms with Crippen molar-refractivity contribution in [3.05, 3.63) is 143 Å². The summed E-state index contributed by atoms with van der Waals surface area (Å²) in [4.78, 5) is 0. The van der Waals surface area contributed by atoms with Gasteiger partial charge in [-0.1, -0.05) is 90.1 Å². The van der Waals surface area contributed by atoms with Gasteiger partial charge in [0.1, 0.15) is 17.4 Å². The summed E-state index contributed by atoms with van der Waals surface area (Å²) in [7, 11) is 0. The third-order valence-electron chi connectivity index (χ3n) is 10.1. The first-order valence-corrected chi connectivity index (χ1v) is 17.1. The quantitative estimate of drug-likeness (QED) is 0.172. The van der Waals surface area contributed by atoms with E-state index >= 15 is 8.78 Å². The highest BCUT2D eigenvalue weighted by Gasteiger charge is 2.26. The monoisotopic (exact) mass is 675 g/mol. The Morgan fingerprint density at radius 3 is 1.39 bits per heavy atom. The molecule has 0 unspecified atom stereocenters. The number of nitriles is 1. The zero-order valence-electron chi connectivity index (χ0n) is 29.4. The highest BCUT2D eigenvalue weighted by Crippen LogP contribution is 2.42. The lowest BCUT2D eigenvalue weighted by atomic mass is 9.86. The number of hydrogen-bond acceptors (Lipinski definition) is 1. The molecule has 0 spiro atoms. The highest BCUT2D eigenvalue weighted by molar-refractivity contribution is 6.11. The van der Waals surface area contributed by atoms with Crippen molar-refractivity contribution in [2.24, 2.45) is 0 Å². The van der Waals surface area contributed by atoms with Crippen LogP contribution >= 0.6 is 0 Å². The van der Waals surface area contributed by atoms with Gasteiger partial charge in [-0.05, 0) is 88.2 Å². The molecule has 0 aliphatic rings. The Kier molecular flexibility index (Phi) is 7.22. The Bertz CT molecular complexity index is 2610. The molecule has 0 amide bonds. The van der Waals surface area contributed by atoms with Gasteiger partial charge < -0.3 is 9.13 Å². The van der Waals surface area contributed by atoms with Crippen molar-refractivity contribution in [3.63, 3.8) is 0 Å². The summed E-state index contributed by atoms with van der Waals surface area (Å²) in [5.74, 6) is -3.34. The Morgan fingerprint density at radius 2 is 0.941 bits per heavy atom. The van der Waals surface area contributed by atoms with Gasteiger partial charge in [-0.25, -0.2) is 13.2 Å². The molecule has 8 rings (SSSR count). The second kappa shape index (κ2) is 11.4. The lowest BCUT2D eigenvalue weighted by Crippen LogP contribution is -2.11. The molecule has 0 saturated heterocycles. The standard InChI is InChI=1S/C45H36F3N3/c1-44(2,3)27-15-19-38-31(23-27)29-11-7-9-13-36(29)50(38)40-21-26(42-34(46)17-18-35(47)43(42)48)22-41(33(40)25-49)51-37-14-10-8-12-30(37)32-24-28(45(4,5)6)16-20-39(32)51/h7-24H,1-6H3. The molecule has 6 heteroatoms. The number of hydrogen-bond donors (Lipinski definition) is 0. The number of aromatic nitrogens is 2. The van der Waals surface area contributed by atoms with Gasteiger partial charge in [-0.2, -0.15) is 5.26 Å². The zero-order valence-corrected chi connectivity index (χ0v) is 29.4. The number of rotatable bonds is 3. The van der Waals surface area contributed by atoms with Crippen LogP contribution in [0, 0.1) is 28.8 Å². The normalized spacial score (nSPS) is 12.4. The van der Waals surface area contributed by atoms with Crippen LogP contribution in [0.2, 0.25) is 0 Å². The van der Waals surface area contributed by atoms with Gasteiger partial charge in [0.2, 0.25) is 0 Å². The summed E-state index contributed by atoms with van der Waals surface area (Å²) in [6, 6.07) is 35.9. The van der Waals surface area contributed by atoms with Crippen LogP contribution in [0.15, 0.2) is 109 Å². The Hall–Kier alpha value is -5.80. The maximum Gasteiger partial charge on any atom is 0.169 e. The topological polar surface area (TPSA) is 33.6 Å². The SMILES string of the molecule is CC(C)(C)c1ccc2c(c1)c1ccccc1n2-c1cc(-c2c(F)ccc(F)c2F)cc(-n2c3ccccc3c3cc(C(C)(C)C)ccc32)c1C#N. The van der Waals surface area contributed by atoms with Crippen LogP contribution in [0.1, 0.15) is 58.2 Å². The van der Waals surface area contributed by atoms with Crippen LogP contribution in [0.3, 0.4) is 0 Å².